The molecule has 1 unspecified atom stereocenters. The molecule has 1 heterocycles. The van der Waals surface area contributed by atoms with Crippen molar-refractivity contribution in [2.75, 3.05) is 12.0 Å². The van der Waals surface area contributed by atoms with Crippen LogP contribution in [0.15, 0.2) is 12.1 Å². The van der Waals surface area contributed by atoms with Crippen molar-refractivity contribution >= 4 is 34.1 Å². The number of aromatic nitrogens is 2. The molecule has 0 spiro atoms. The number of nitrogens with one attached hydrogen (secondary N) is 1. The van der Waals surface area contributed by atoms with Gasteiger partial charge in [0, 0.05) is 35.4 Å². The zero-order chi connectivity index (χ0) is 12.6. The van der Waals surface area contributed by atoms with Crippen LogP contribution in [0.4, 0.5) is 8.78 Å². The third-order valence-corrected chi connectivity index (χ3v) is 3.48. The highest BCUT2D eigenvalue weighted by molar-refractivity contribution is 7.84. The molecule has 92 valence electrons. The quantitative estimate of drug-likeness (QED) is 0.874. The van der Waals surface area contributed by atoms with Crippen molar-refractivity contribution in [2.45, 2.75) is 6.54 Å². The van der Waals surface area contributed by atoms with Gasteiger partial charge in [-0.2, -0.15) is 0 Å². The lowest BCUT2D eigenvalue weighted by Crippen LogP contribution is -2.06. The Morgan fingerprint density at radius 3 is 2.82 bits per heavy atom. The number of hydrogen-bond donors (Lipinski definition) is 1. The minimum Gasteiger partial charge on any atom is -0.328 e. The summed E-state index contributed by atoms with van der Waals surface area (Å²) < 4.78 is 39.5. The Bertz CT molecular complexity index is 648. The largest absolute Gasteiger partial charge is 0.328 e. The fourth-order valence-corrected chi connectivity index (χ4v) is 2.35. The predicted octanol–water partition coefficient (Wildman–Crippen LogP) is 2.36. The first kappa shape index (κ1) is 12.4. The van der Waals surface area contributed by atoms with E-state index in [1.807, 2.05) is 0 Å². The summed E-state index contributed by atoms with van der Waals surface area (Å²) in [5.41, 5.74) is 0.538. The molecule has 3 nitrogen and oxygen atoms in total. The van der Waals surface area contributed by atoms with Gasteiger partial charge in [0.15, 0.2) is 10.6 Å². The molecule has 0 saturated carbocycles. The highest BCUT2D eigenvalue weighted by Gasteiger charge is 2.10. The summed E-state index contributed by atoms with van der Waals surface area (Å²) in [6.07, 6.45) is 1.57. The Kier molecular flexibility index (Phi) is 3.39. The van der Waals surface area contributed by atoms with E-state index < -0.39 is 22.4 Å². The maximum Gasteiger partial charge on any atom is 0.178 e. The average Bonchev–Trinajstić information content (AvgIpc) is 2.52. The minimum absolute atomic E-state index is 0.179. The molecule has 17 heavy (non-hydrogen) atoms. The van der Waals surface area contributed by atoms with Crippen LogP contribution in [0, 0.1) is 16.4 Å². The van der Waals surface area contributed by atoms with Crippen LogP contribution in [-0.2, 0) is 17.3 Å². The molecule has 1 aromatic heterocycles. The maximum atomic E-state index is 13.4. The molecule has 2 rings (SSSR count). The molecular weight excluding hydrogens is 266 g/mol. The molecule has 1 aromatic carbocycles. The Morgan fingerprint density at radius 1 is 1.47 bits per heavy atom. The van der Waals surface area contributed by atoms with Crippen molar-refractivity contribution in [3.8, 4) is 0 Å². The standard InChI is InChI=1S/C10H10F2N2OS2/c1-17(15)3-2-14-8-5-6(11)4-7(12)9(8)13-10(14)16/h4-5H,2-3H2,1H3,(H,13,16). The smallest absolute Gasteiger partial charge is 0.178 e. The second-order valence-corrected chi connectivity index (χ2v) is 5.58. The van der Waals surface area contributed by atoms with Gasteiger partial charge in [-0.15, -0.1) is 0 Å². The summed E-state index contributed by atoms with van der Waals surface area (Å²) >= 11 is 5.03. The van der Waals surface area contributed by atoms with Crippen molar-refractivity contribution in [3.05, 3.63) is 28.5 Å². The van der Waals surface area contributed by atoms with Crippen LogP contribution in [-0.4, -0.2) is 25.8 Å². The average molecular weight is 276 g/mol. The van der Waals surface area contributed by atoms with Gasteiger partial charge in [-0.1, -0.05) is 0 Å². The maximum absolute atomic E-state index is 13.4. The van der Waals surface area contributed by atoms with Gasteiger partial charge in [-0.05, 0) is 18.3 Å². The van der Waals surface area contributed by atoms with E-state index in [9.17, 15) is 13.0 Å². The van der Waals surface area contributed by atoms with E-state index in [-0.39, 0.29) is 5.52 Å². The second kappa shape index (κ2) is 4.66. The summed E-state index contributed by atoms with van der Waals surface area (Å²) in [7, 11) is -0.981. The highest BCUT2D eigenvalue weighted by atomic mass is 32.2. The van der Waals surface area contributed by atoms with Crippen molar-refractivity contribution in [1.29, 1.82) is 0 Å². The highest BCUT2D eigenvalue weighted by Crippen LogP contribution is 2.19. The lowest BCUT2D eigenvalue weighted by Gasteiger charge is -2.02. The van der Waals surface area contributed by atoms with Crippen LogP contribution in [0.2, 0.25) is 0 Å². The fourth-order valence-electron chi connectivity index (χ4n) is 1.62. The van der Waals surface area contributed by atoms with E-state index in [0.29, 0.717) is 22.6 Å². The molecule has 0 aliphatic heterocycles. The molecule has 0 fully saturated rings. The molecule has 1 N–H and O–H groups in total. The van der Waals surface area contributed by atoms with Gasteiger partial charge in [0.1, 0.15) is 11.3 Å². The molecule has 2 aromatic rings. The van der Waals surface area contributed by atoms with Crippen molar-refractivity contribution in [2.24, 2.45) is 0 Å². The third-order valence-electron chi connectivity index (χ3n) is 2.40. The van der Waals surface area contributed by atoms with Gasteiger partial charge in [0.25, 0.3) is 0 Å². The van der Waals surface area contributed by atoms with Crippen molar-refractivity contribution < 1.29 is 13.0 Å². The number of imidazole rings is 1. The monoisotopic (exact) mass is 276 g/mol. The molecule has 0 bridgehead atoms. The minimum atomic E-state index is -0.981. The Morgan fingerprint density at radius 2 is 2.18 bits per heavy atom. The van der Waals surface area contributed by atoms with Gasteiger partial charge in [0.05, 0.1) is 5.52 Å². The normalized spacial score (nSPS) is 13.1. The Labute approximate surface area is 104 Å². The number of nitrogens with zero attached hydrogens (tertiary/aromatic N) is 1. The lowest BCUT2D eigenvalue weighted by molar-refractivity contribution is 0.590. The zero-order valence-corrected chi connectivity index (χ0v) is 10.6. The predicted molar refractivity (Wildman–Crippen MR) is 66.0 cm³/mol. The lowest BCUT2D eigenvalue weighted by atomic mass is 10.3. The van der Waals surface area contributed by atoms with Crippen molar-refractivity contribution in [1.82, 2.24) is 9.55 Å². The van der Waals surface area contributed by atoms with E-state index in [1.165, 1.54) is 6.07 Å². The molecule has 7 heteroatoms. The van der Waals surface area contributed by atoms with E-state index in [4.69, 9.17) is 12.2 Å². The third kappa shape index (κ3) is 2.44. The van der Waals surface area contributed by atoms with Crippen LogP contribution >= 0.6 is 12.2 Å². The van der Waals surface area contributed by atoms with Crippen LogP contribution in [0.25, 0.3) is 11.0 Å². The number of rotatable bonds is 3. The number of benzene rings is 1. The molecule has 0 saturated heterocycles. The number of aromatic amines is 1. The zero-order valence-electron chi connectivity index (χ0n) is 9.00. The molecule has 0 amide bonds. The summed E-state index contributed by atoms with van der Waals surface area (Å²) in [5, 5.41) is 0. The van der Waals surface area contributed by atoms with Crippen LogP contribution in [0.1, 0.15) is 0 Å². The topological polar surface area (TPSA) is 37.8 Å². The summed E-state index contributed by atoms with van der Waals surface area (Å²) in [6, 6.07) is 2.01. The Balaban J connectivity index is 2.58. The number of hydrogen-bond acceptors (Lipinski definition) is 2. The van der Waals surface area contributed by atoms with E-state index in [1.54, 1.807) is 10.8 Å². The van der Waals surface area contributed by atoms with Gasteiger partial charge in [-0.25, -0.2) is 8.78 Å². The summed E-state index contributed by atoms with van der Waals surface area (Å²) in [6.45, 7) is 0.366. The van der Waals surface area contributed by atoms with E-state index in [0.717, 1.165) is 6.07 Å². The molecule has 1 atom stereocenters. The fraction of sp³-hybridized carbons (Fsp3) is 0.300. The number of halogens is 2. The first-order valence-corrected chi connectivity index (χ1v) is 7.00. The molecular formula is C10H10F2N2OS2. The summed E-state index contributed by atoms with van der Waals surface area (Å²) in [4.78, 5) is 2.68. The second-order valence-electron chi connectivity index (χ2n) is 3.64. The van der Waals surface area contributed by atoms with Crippen LogP contribution in [0.3, 0.4) is 0 Å². The van der Waals surface area contributed by atoms with E-state index >= 15 is 0 Å². The SMILES string of the molecule is CS(=O)CCn1c(=S)[nH]c2c(F)cc(F)cc21. The van der Waals surface area contributed by atoms with Gasteiger partial charge in [-0.3, -0.25) is 4.21 Å². The Hall–Kier alpha value is -1.08. The summed E-state index contributed by atoms with van der Waals surface area (Å²) in [5.74, 6) is -0.947. The number of H-pyrrole nitrogens is 1. The first-order valence-electron chi connectivity index (χ1n) is 4.86. The van der Waals surface area contributed by atoms with Gasteiger partial charge in [0.2, 0.25) is 0 Å². The first-order chi connectivity index (χ1) is 7.99. The number of aryl methyl sites for hydroxylation is 1. The van der Waals surface area contributed by atoms with Crippen molar-refractivity contribution in [3.63, 3.8) is 0 Å². The van der Waals surface area contributed by atoms with E-state index in [2.05, 4.69) is 4.98 Å². The van der Waals surface area contributed by atoms with Crippen LogP contribution in [0.5, 0.6) is 0 Å². The molecule has 0 radical (unpaired) electrons. The molecule has 0 aliphatic carbocycles. The van der Waals surface area contributed by atoms with Gasteiger partial charge < -0.3 is 9.55 Å². The van der Waals surface area contributed by atoms with Gasteiger partial charge >= 0.3 is 0 Å². The molecule has 0 aliphatic rings. The number of fused-ring (bicyclic) bond motifs is 1. The van der Waals surface area contributed by atoms with Crippen LogP contribution < -0.4 is 0 Å².